The molecule has 0 radical (unpaired) electrons. The number of Topliss-reactive ketones (excluding diaryl/α,β-unsaturated/α-hetero) is 1. The predicted octanol–water partition coefficient (Wildman–Crippen LogP) is 3.52. The summed E-state index contributed by atoms with van der Waals surface area (Å²) in [6.45, 7) is 5.23. The monoisotopic (exact) mass is 263 g/mol. The van der Waals surface area contributed by atoms with Crippen molar-refractivity contribution in [2.75, 3.05) is 19.6 Å². The molecule has 1 heterocycles. The number of halogens is 1. The number of ketones is 1. The van der Waals surface area contributed by atoms with Crippen molar-refractivity contribution in [1.29, 1.82) is 0 Å². The van der Waals surface area contributed by atoms with Gasteiger partial charge in [-0.2, -0.15) is 0 Å². The molecule has 0 unspecified atom stereocenters. The summed E-state index contributed by atoms with van der Waals surface area (Å²) in [4.78, 5) is 14.3. The minimum absolute atomic E-state index is 0.0390. The Bertz CT molecular complexity index is 425. The second-order valence-electron chi connectivity index (χ2n) is 5.38. The largest absolute Gasteiger partial charge is 0.303 e. The summed E-state index contributed by atoms with van der Waals surface area (Å²) in [6, 6.07) is 5.97. The van der Waals surface area contributed by atoms with E-state index in [1.807, 2.05) is 0 Å². The van der Waals surface area contributed by atoms with Crippen LogP contribution >= 0.6 is 0 Å². The lowest BCUT2D eigenvalue weighted by molar-refractivity contribution is 0.0950. The topological polar surface area (TPSA) is 20.3 Å². The fraction of sp³-hybridized carbons (Fsp3) is 0.562. The number of nitrogens with zero attached hydrogens (tertiary/aromatic N) is 1. The second kappa shape index (κ2) is 6.80. The van der Waals surface area contributed by atoms with E-state index in [9.17, 15) is 9.18 Å². The van der Waals surface area contributed by atoms with Gasteiger partial charge in [-0.05, 0) is 44.0 Å². The molecule has 1 aromatic rings. The zero-order valence-electron chi connectivity index (χ0n) is 11.6. The minimum Gasteiger partial charge on any atom is -0.303 e. The van der Waals surface area contributed by atoms with Crippen LogP contribution in [-0.4, -0.2) is 30.3 Å². The molecule has 1 aliphatic heterocycles. The average Bonchev–Trinajstić information content (AvgIpc) is 2.45. The van der Waals surface area contributed by atoms with Crippen LogP contribution in [0.15, 0.2) is 24.3 Å². The molecule has 1 aliphatic rings. The lowest BCUT2D eigenvalue weighted by Gasteiger charge is -2.31. The highest BCUT2D eigenvalue weighted by molar-refractivity contribution is 5.96. The van der Waals surface area contributed by atoms with Gasteiger partial charge in [0.05, 0.1) is 0 Å². The van der Waals surface area contributed by atoms with Crippen LogP contribution in [0.1, 0.15) is 43.0 Å². The summed E-state index contributed by atoms with van der Waals surface area (Å²) in [5.74, 6) is 0.557. The average molecular weight is 263 g/mol. The van der Waals surface area contributed by atoms with E-state index in [1.54, 1.807) is 12.1 Å². The first-order chi connectivity index (χ1) is 9.19. The van der Waals surface area contributed by atoms with Gasteiger partial charge in [0.2, 0.25) is 0 Å². The fourth-order valence-corrected chi connectivity index (χ4v) is 2.68. The van der Waals surface area contributed by atoms with Gasteiger partial charge in [-0.15, -0.1) is 0 Å². The van der Waals surface area contributed by atoms with E-state index in [1.165, 1.54) is 31.4 Å². The molecule has 0 N–H and O–H groups in total. The zero-order chi connectivity index (χ0) is 13.7. The molecule has 0 atom stereocenters. The minimum atomic E-state index is -0.338. The first-order valence-corrected chi connectivity index (χ1v) is 7.20. The third-order valence-corrected chi connectivity index (χ3v) is 4.09. The molecule has 1 fully saturated rings. The molecule has 19 heavy (non-hydrogen) atoms. The first kappa shape index (κ1) is 14.2. The molecule has 2 rings (SSSR count). The fourth-order valence-electron chi connectivity index (χ4n) is 2.68. The molecule has 0 aromatic heterocycles. The molecular formula is C16H22FNO. The summed E-state index contributed by atoms with van der Waals surface area (Å²) in [5.41, 5.74) is 0.489. The van der Waals surface area contributed by atoms with E-state index in [-0.39, 0.29) is 11.6 Å². The molecule has 0 bridgehead atoms. The third-order valence-electron chi connectivity index (χ3n) is 4.09. The summed E-state index contributed by atoms with van der Waals surface area (Å²) in [7, 11) is 0. The van der Waals surface area contributed by atoms with Crippen molar-refractivity contribution >= 4 is 5.78 Å². The van der Waals surface area contributed by atoms with E-state index in [2.05, 4.69) is 11.8 Å². The van der Waals surface area contributed by atoms with E-state index >= 15 is 0 Å². The van der Waals surface area contributed by atoms with Crippen LogP contribution in [0.25, 0.3) is 0 Å². The molecule has 0 saturated carbocycles. The number of piperidine rings is 1. The van der Waals surface area contributed by atoms with Gasteiger partial charge in [0.25, 0.3) is 0 Å². The standard InChI is InChI=1S/C16H22FNO/c1-2-13-6-9-18(10-7-13)11-8-16(19)14-4-3-5-15(17)12-14/h3-5,12-13H,2,6-11H2,1H3. The van der Waals surface area contributed by atoms with E-state index in [0.29, 0.717) is 12.0 Å². The Morgan fingerprint density at radius 3 is 2.74 bits per heavy atom. The third kappa shape index (κ3) is 4.13. The highest BCUT2D eigenvalue weighted by Crippen LogP contribution is 2.20. The van der Waals surface area contributed by atoms with Gasteiger partial charge in [0, 0.05) is 18.5 Å². The van der Waals surface area contributed by atoms with Crippen molar-refractivity contribution in [3.63, 3.8) is 0 Å². The van der Waals surface area contributed by atoms with Crippen molar-refractivity contribution in [3.8, 4) is 0 Å². The lowest BCUT2D eigenvalue weighted by Crippen LogP contribution is -2.35. The van der Waals surface area contributed by atoms with Gasteiger partial charge in [0.15, 0.2) is 5.78 Å². The van der Waals surface area contributed by atoms with E-state index < -0.39 is 0 Å². The van der Waals surface area contributed by atoms with Gasteiger partial charge in [-0.25, -0.2) is 4.39 Å². The van der Waals surface area contributed by atoms with Crippen LogP contribution in [0.5, 0.6) is 0 Å². The molecule has 0 aliphatic carbocycles. The van der Waals surface area contributed by atoms with Gasteiger partial charge >= 0.3 is 0 Å². The van der Waals surface area contributed by atoms with E-state index in [0.717, 1.165) is 25.6 Å². The number of hydrogen-bond acceptors (Lipinski definition) is 2. The van der Waals surface area contributed by atoms with Crippen LogP contribution in [-0.2, 0) is 0 Å². The molecule has 0 spiro atoms. The van der Waals surface area contributed by atoms with Crippen molar-refractivity contribution in [1.82, 2.24) is 4.90 Å². The SMILES string of the molecule is CCC1CCN(CCC(=O)c2cccc(F)c2)CC1. The second-order valence-corrected chi connectivity index (χ2v) is 5.38. The van der Waals surface area contributed by atoms with Gasteiger partial charge in [-0.3, -0.25) is 4.79 Å². The molecule has 2 nitrogen and oxygen atoms in total. The Kier molecular flexibility index (Phi) is 5.08. The summed E-state index contributed by atoms with van der Waals surface area (Å²) >= 11 is 0. The van der Waals surface area contributed by atoms with Crippen molar-refractivity contribution in [2.24, 2.45) is 5.92 Å². The normalized spacial score (nSPS) is 17.6. The van der Waals surface area contributed by atoms with Gasteiger partial charge in [0.1, 0.15) is 5.82 Å². The summed E-state index contributed by atoms with van der Waals surface area (Å²) < 4.78 is 13.0. The smallest absolute Gasteiger partial charge is 0.164 e. The number of likely N-dealkylation sites (tertiary alicyclic amines) is 1. The van der Waals surface area contributed by atoms with Crippen LogP contribution < -0.4 is 0 Å². The Hall–Kier alpha value is -1.22. The summed E-state index contributed by atoms with van der Waals surface area (Å²) in [6.07, 6.45) is 4.23. The molecule has 1 aromatic carbocycles. The Morgan fingerprint density at radius 2 is 2.11 bits per heavy atom. The van der Waals surface area contributed by atoms with Crippen molar-refractivity contribution in [3.05, 3.63) is 35.6 Å². The molecular weight excluding hydrogens is 241 g/mol. The highest BCUT2D eigenvalue weighted by Gasteiger charge is 2.18. The molecule has 104 valence electrons. The Morgan fingerprint density at radius 1 is 1.37 bits per heavy atom. The van der Waals surface area contributed by atoms with Crippen molar-refractivity contribution in [2.45, 2.75) is 32.6 Å². The van der Waals surface area contributed by atoms with Crippen LogP contribution in [0.3, 0.4) is 0 Å². The number of carbonyl (C=O) groups is 1. The molecule has 3 heteroatoms. The lowest BCUT2D eigenvalue weighted by atomic mass is 9.94. The molecule has 0 amide bonds. The van der Waals surface area contributed by atoms with Crippen LogP contribution in [0.4, 0.5) is 4.39 Å². The highest BCUT2D eigenvalue weighted by atomic mass is 19.1. The summed E-state index contributed by atoms with van der Waals surface area (Å²) in [5, 5.41) is 0. The van der Waals surface area contributed by atoms with Gasteiger partial charge < -0.3 is 4.90 Å². The number of benzene rings is 1. The van der Waals surface area contributed by atoms with Crippen LogP contribution in [0, 0.1) is 11.7 Å². The first-order valence-electron chi connectivity index (χ1n) is 7.20. The van der Waals surface area contributed by atoms with E-state index in [4.69, 9.17) is 0 Å². The van der Waals surface area contributed by atoms with Crippen molar-refractivity contribution < 1.29 is 9.18 Å². The molecule has 1 saturated heterocycles. The van der Waals surface area contributed by atoms with Crippen LogP contribution in [0.2, 0.25) is 0 Å². The predicted molar refractivity (Wildman–Crippen MR) is 74.8 cm³/mol. The number of rotatable bonds is 5. The quantitative estimate of drug-likeness (QED) is 0.758. The maximum Gasteiger partial charge on any atom is 0.164 e. The number of hydrogen-bond donors (Lipinski definition) is 0. The number of carbonyl (C=O) groups excluding carboxylic acids is 1. The zero-order valence-corrected chi connectivity index (χ0v) is 11.6. The van der Waals surface area contributed by atoms with Gasteiger partial charge in [-0.1, -0.05) is 25.5 Å². The maximum absolute atomic E-state index is 13.0. The Labute approximate surface area is 114 Å². The Balaban J connectivity index is 1.78. The maximum atomic E-state index is 13.0.